The van der Waals surface area contributed by atoms with Crippen LogP contribution in [0, 0.1) is 11.8 Å². The van der Waals surface area contributed by atoms with Gasteiger partial charge in [0.05, 0.1) is 18.7 Å². The lowest BCUT2D eigenvalue weighted by Gasteiger charge is -2.48. The first-order valence-corrected chi connectivity index (χ1v) is 6.77. The molecule has 2 aliphatic heterocycles. The van der Waals surface area contributed by atoms with E-state index in [0.29, 0.717) is 19.0 Å². The third-order valence-electron chi connectivity index (χ3n) is 4.10. The zero-order valence-corrected chi connectivity index (χ0v) is 10.9. The molecule has 0 saturated carbocycles. The topological polar surface area (TPSA) is 52.6 Å². The Kier molecular flexibility index (Phi) is 3.73. The number of carbonyl (C=O) groups excluding carboxylic acids is 1. The normalized spacial score (nSPS) is 32.1. The van der Waals surface area contributed by atoms with Gasteiger partial charge in [0.15, 0.2) is 0 Å². The largest absolute Gasteiger partial charge is 0.386 e. The maximum Gasteiger partial charge on any atom is 0.226 e. The van der Waals surface area contributed by atoms with Gasteiger partial charge in [-0.1, -0.05) is 20.3 Å². The minimum absolute atomic E-state index is 0.155. The van der Waals surface area contributed by atoms with Crippen molar-refractivity contribution in [2.75, 3.05) is 26.2 Å². The van der Waals surface area contributed by atoms with Gasteiger partial charge in [-0.25, -0.2) is 0 Å². The van der Waals surface area contributed by atoms with E-state index in [9.17, 15) is 9.90 Å². The Bertz CT molecular complexity index is 287. The van der Waals surface area contributed by atoms with Gasteiger partial charge in [-0.05, 0) is 31.8 Å². The second-order valence-electron chi connectivity index (χ2n) is 5.75. The Morgan fingerprint density at radius 1 is 1.53 bits per heavy atom. The lowest BCUT2D eigenvalue weighted by molar-refractivity contribution is -0.163. The molecule has 0 aromatic rings. The summed E-state index contributed by atoms with van der Waals surface area (Å²) in [6.07, 6.45) is 2.71. The van der Waals surface area contributed by atoms with Crippen molar-refractivity contribution >= 4 is 5.91 Å². The van der Waals surface area contributed by atoms with Crippen LogP contribution < -0.4 is 5.32 Å². The van der Waals surface area contributed by atoms with Crippen molar-refractivity contribution < 1.29 is 9.90 Å². The molecule has 2 saturated heterocycles. The van der Waals surface area contributed by atoms with Crippen molar-refractivity contribution in [3.63, 3.8) is 0 Å². The first-order valence-electron chi connectivity index (χ1n) is 6.77. The quantitative estimate of drug-likeness (QED) is 0.760. The lowest BCUT2D eigenvalue weighted by atomic mass is 9.83. The highest BCUT2D eigenvalue weighted by Gasteiger charge is 2.45. The number of hydrogen-bond donors (Lipinski definition) is 2. The smallest absolute Gasteiger partial charge is 0.226 e. The van der Waals surface area contributed by atoms with Gasteiger partial charge in [0.1, 0.15) is 0 Å². The van der Waals surface area contributed by atoms with Crippen LogP contribution in [0.1, 0.15) is 33.1 Å². The van der Waals surface area contributed by atoms with E-state index in [0.717, 1.165) is 32.4 Å². The molecule has 17 heavy (non-hydrogen) atoms. The Morgan fingerprint density at radius 2 is 2.24 bits per heavy atom. The van der Waals surface area contributed by atoms with E-state index in [-0.39, 0.29) is 11.8 Å². The van der Waals surface area contributed by atoms with Crippen LogP contribution in [0.2, 0.25) is 0 Å². The van der Waals surface area contributed by atoms with E-state index in [1.165, 1.54) is 0 Å². The van der Waals surface area contributed by atoms with E-state index in [2.05, 4.69) is 19.2 Å². The molecular weight excluding hydrogens is 216 g/mol. The van der Waals surface area contributed by atoms with Crippen LogP contribution in [0.15, 0.2) is 0 Å². The third kappa shape index (κ3) is 2.63. The molecule has 0 bridgehead atoms. The Balaban J connectivity index is 1.86. The molecule has 1 amide bonds. The summed E-state index contributed by atoms with van der Waals surface area (Å²) in [6, 6.07) is 0. The van der Waals surface area contributed by atoms with Crippen molar-refractivity contribution in [1.29, 1.82) is 0 Å². The van der Waals surface area contributed by atoms with Gasteiger partial charge >= 0.3 is 0 Å². The second kappa shape index (κ2) is 4.94. The van der Waals surface area contributed by atoms with E-state index >= 15 is 0 Å². The highest BCUT2D eigenvalue weighted by atomic mass is 16.3. The van der Waals surface area contributed by atoms with Crippen LogP contribution in [0.4, 0.5) is 0 Å². The molecule has 4 heteroatoms. The molecule has 2 atom stereocenters. The van der Waals surface area contributed by atoms with E-state index in [4.69, 9.17) is 0 Å². The summed E-state index contributed by atoms with van der Waals surface area (Å²) in [5.74, 6) is 0.818. The summed E-state index contributed by atoms with van der Waals surface area (Å²) in [5, 5.41) is 13.4. The number of likely N-dealkylation sites (tertiary alicyclic amines) is 1. The number of hydrogen-bond acceptors (Lipinski definition) is 3. The van der Waals surface area contributed by atoms with Crippen molar-refractivity contribution in [3.05, 3.63) is 0 Å². The van der Waals surface area contributed by atoms with Crippen molar-refractivity contribution in [2.45, 2.75) is 38.7 Å². The van der Waals surface area contributed by atoms with E-state index in [1.807, 2.05) is 4.90 Å². The zero-order chi connectivity index (χ0) is 12.5. The standard InChI is InChI=1S/C13H24N2O2/c1-3-5-13(17)8-15(9-13)12(16)11-4-6-14-7-10(11)2/h10-11,14,17H,3-9H2,1-2H3. The van der Waals surface area contributed by atoms with Crippen molar-refractivity contribution in [2.24, 2.45) is 11.8 Å². The number of carbonyl (C=O) groups is 1. The van der Waals surface area contributed by atoms with Crippen molar-refractivity contribution in [3.8, 4) is 0 Å². The maximum absolute atomic E-state index is 12.3. The predicted molar refractivity (Wildman–Crippen MR) is 66.6 cm³/mol. The molecule has 98 valence electrons. The van der Waals surface area contributed by atoms with Gasteiger partial charge in [-0.2, -0.15) is 0 Å². The fourth-order valence-corrected chi connectivity index (χ4v) is 3.06. The highest BCUT2D eigenvalue weighted by Crippen LogP contribution is 2.30. The van der Waals surface area contributed by atoms with E-state index < -0.39 is 5.60 Å². The monoisotopic (exact) mass is 240 g/mol. The molecule has 2 fully saturated rings. The molecule has 2 heterocycles. The predicted octanol–water partition coefficient (Wildman–Crippen LogP) is 0.605. The molecule has 0 aliphatic carbocycles. The lowest BCUT2D eigenvalue weighted by Crippen LogP contribution is -2.65. The molecule has 0 radical (unpaired) electrons. The number of piperidine rings is 1. The number of β-amino-alcohol motifs (C(OH)–C–C–N with tert-alkyl or cyclic N) is 1. The summed E-state index contributed by atoms with van der Waals surface area (Å²) in [4.78, 5) is 14.1. The zero-order valence-electron chi connectivity index (χ0n) is 10.9. The highest BCUT2D eigenvalue weighted by molar-refractivity contribution is 5.80. The number of aliphatic hydroxyl groups is 1. The van der Waals surface area contributed by atoms with Gasteiger partial charge in [0.25, 0.3) is 0 Å². The molecule has 2 aliphatic rings. The van der Waals surface area contributed by atoms with Crippen LogP contribution in [-0.4, -0.2) is 47.7 Å². The van der Waals surface area contributed by atoms with Crippen LogP contribution in [0.5, 0.6) is 0 Å². The molecule has 2 unspecified atom stereocenters. The maximum atomic E-state index is 12.3. The fourth-order valence-electron chi connectivity index (χ4n) is 3.06. The van der Waals surface area contributed by atoms with Crippen LogP contribution in [-0.2, 0) is 4.79 Å². The third-order valence-corrected chi connectivity index (χ3v) is 4.10. The van der Waals surface area contributed by atoms with E-state index in [1.54, 1.807) is 0 Å². The average molecular weight is 240 g/mol. The first kappa shape index (κ1) is 12.8. The van der Waals surface area contributed by atoms with Crippen LogP contribution >= 0.6 is 0 Å². The molecular formula is C13H24N2O2. The number of rotatable bonds is 3. The molecule has 0 aromatic heterocycles. The summed E-state index contributed by atoms with van der Waals surface area (Å²) < 4.78 is 0. The Hall–Kier alpha value is -0.610. The van der Waals surface area contributed by atoms with Gasteiger partial charge in [0, 0.05) is 5.92 Å². The number of amides is 1. The number of nitrogens with one attached hydrogen (secondary N) is 1. The minimum atomic E-state index is -0.597. The molecule has 2 rings (SSSR count). The SMILES string of the molecule is CCCC1(O)CN(C(=O)C2CCNCC2C)C1. The summed E-state index contributed by atoms with van der Waals surface area (Å²) >= 11 is 0. The molecule has 2 N–H and O–H groups in total. The minimum Gasteiger partial charge on any atom is -0.386 e. The average Bonchev–Trinajstić information content (AvgIpc) is 2.26. The Morgan fingerprint density at radius 3 is 2.82 bits per heavy atom. The summed E-state index contributed by atoms with van der Waals surface area (Å²) in [6.45, 7) is 7.15. The van der Waals surface area contributed by atoms with Gasteiger partial charge in [-0.15, -0.1) is 0 Å². The Labute approximate surface area is 103 Å². The van der Waals surface area contributed by atoms with Gasteiger partial charge < -0.3 is 15.3 Å². The first-order chi connectivity index (χ1) is 8.06. The molecule has 4 nitrogen and oxygen atoms in total. The molecule has 0 spiro atoms. The second-order valence-corrected chi connectivity index (χ2v) is 5.75. The van der Waals surface area contributed by atoms with Gasteiger partial charge in [-0.3, -0.25) is 4.79 Å². The van der Waals surface area contributed by atoms with Gasteiger partial charge in [0.2, 0.25) is 5.91 Å². The van der Waals surface area contributed by atoms with Crippen LogP contribution in [0.3, 0.4) is 0 Å². The summed E-state index contributed by atoms with van der Waals surface area (Å²) in [5.41, 5.74) is -0.597. The molecule has 0 aromatic carbocycles. The van der Waals surface area contributed by atoms with Crippen LogP contribution in [0.25, 0.3) is 0 Å². The number of nitrogens with zero attached hydrogens (tertiary/aromatic N) is 1. The fraction of sp³-hybridized carbons (Fsp3) is 0.923. The summed E-state index contributed by atoms with van der Waals surface area (Å²) in [7, 11) is 0. The van der Waals surface area contributed by atoms with Crippen molar-refractivity contribution in [1.82, 2.24) is 10.2 Å².